The molecule has 0 saturated carbocycles. The predicted octanol–water partition coefficient (Wildman–Crippen LogP) is 3.10. The molecule has 2 N–H and O–H groups in total. The van der Waals surface area contributed by atoms with Gasteiger partial charge in [0.25, 0.3) is 5.91 Å². The second-order valence-electron chi connectivity index (χ2n) is 5.80. The lowest BCUT2D eigenvalue weighted by Gasteiger charge is -2.26. The number of amides is 1. The molecule has 1 atom stereocenters. The van der Waals surface area contributed by atoms with Crippen molar-refractivity contribution in [3.05, 3.63) is 102 Å². The third-order valence-corrected chi connectivity index (χ3v) is 4.10. The number of carbonyl (C=O) groups excluding carboxylic acids is 1. The van der Waals surface area contributed by atoms with E-state index in [1.807, 2.05) is 60.7 Å². The van der Waals surface area contributed by atoms with Crippen LogP contribution >= 0.6 is 0 Å². The van der Waals surface area contributed by atoms with E-state index >= 15 is 0 Å². The molecule has 0 unspecified atom stereocenters. The van der Waals surface area contributed by atoms with Gasteiger partial charge in [-0.15, -0.1) is 0 Å². The average Bonchev–Trinajstić information content (AvgIpc) is 2.69. The number of nitrogens with one attached hydrogen (secondary N) is 1. The SMILES string of the molecule is O=C(N[C@@H](C(=O)O)C(c1ccccc1)c1ccccc1)c1ccccn1. The number of rotatable bonds is 6. The summed E-state index contributed by atoms with van der Waals surface area (Å²) in [5, 5.41) is 12.5. The Hall–Kier alpha value is -3.47. The highest BCUT2D eigenvalue weighted by atomic mass is 16.4. The molecule has 0 aliphatic rings. The number of aliphatic carboxylic acids is 1. The van der Waals surface area contributed by atoms with E-state index in [4.69, 9.17) is 0 Å². The number of hydrogen-bond acceptors (Lipinski definition) is 3. The van der Waals surface area contributed by atoms with Crippen molar-refractivity contribution in [2.75, 3.05) is 0 Å². The molecule has 1 heterocycles. The Kier molecular flexibility index (Phi) is 5.39. The van der Waals surface area contributed by atoms with Gasteiger partial charge in [0.05, 0.1) is 0 Å². The maximum Gasteiger partial charge on any atom is 0.327 e. The largest absolute Gasteiger partial charge is 0.480 e. The summed E-state index contributed by atoms with van der Waals surface area (Å²) in [4.78, 5) is 28.5. The van der Waals surface area contributed by atoms with Crippen LogP contribution in [0.3, 0.4) is 0 Å². The summed E-state index contributed by atoms with van der Waals surface area (Å²) in [5.74, 6) is -2.15. The van der Waals surface area contributed by atoms with E-state index < -0.39 is 23.8 Å². The standard InChI is InChI=1S/C21H18N2O3/c24-20(17-13-7-8-14-22-17)23-19(21(25)26)18(15-9-3-1-4-10-15)16-11-5-2-6-12-16/h1-14,18-19H,(H,23,24)(H,25,26)/t19-/m1/s1. The maximum absolute atomic E-state index is 12.5. The van der Waals surface area contributed by atoms with E-state index in [-0.39, 0.29) is 5.69 Å². The highest BCUT2D eigenvalue weighted by Gasteiger charge is 2.32. The van der Waals surface area contributed by atoms with Gasteiger partial charge in [-0.2, -0.15) is 0 Å². The average molecular weight is 346 g/mol. The van der Waals surface area contributed by atoms with E-state index in [9.17, 15) is 14.7 Å². The van der Waals surface area contributed by atoms with Crippen molar-refractivity contribution in [1.29, 1.82) is 0 Å². The molecule has 130 valence electrons. The minimum absolute atomic E-state index is 0.179. The number of pyridine rings is 1. The first-order valence-corrected chi connectivity index (χ1v) is 8.21. The smallest absolute Gasteiger partial charge is 0.327 e. The van der Waals surface area contributed by atoms with Crippen LogP contribution in [-0.4, -0.2) is 28.0 Å². The van der Waals surface area contributed by atoms with Gasteiger partial charge in [-0.05, 0) is 23.3 Å². The molecule has 0 aliphatic carbocycles. The first-order chi connectivity index (χ1) is 12.7. The topological polar surface area (TPSA) is 79.3 Å². The fourth-order valence-corrected chi connectivity index (χ4v) is 2.90. The van der Waals surface area contributed by atoms with Gasteiger partial charge >= 0.3 is 5.97 Å². The molecular weight excluding hydrogens is 328 g/mol. The van der Waals surface area contributed by atoms with Gasteiger partial charge in [-0.25, -0.2) is 4.79 Å². The predicted molar refractivity (Wildman–Crippen MR) is 97.9 cm³/mol. The van der Waals surface area contributed by atoms with E-state index in [0.717, 1.165) is 11.1 Å². The lowest BCUT2D eigenvalue weighted by Crippen LogP contribution is -2.45. The third-order valence-electron chi connectivity index (χ3n) is 4.10. The Morgan fingerprint density at radius 1 is 0.808 bits per heavy atom. The molecule has 0 fully saturated rings. The molecular formula is C21H18N2O3. The fourth-order valence-electron chi connectivity index (χ4n) is 2.90. The lowest BCUT2D eigenvalue weighted by atomic mass is 9.85. The number of benzene rings is 2. The molecule has 0 bridgehead atoms. The third kappa shape index (κ3) is 3.95. The van der Waals surface area contributed by atoms with E-state index in [0.29, 0.717) is 0 Å². The van der Waals surface area contributed by atoms with Crippen LogP contribution in [0.4, 0.5) is 0 Å². The summed E-state index contributed by atoms with van der Waals surface area (Å²) in [7, 11) is 0. The number of carbonyl (C=O) groups is 2. The van der Waals surface area contributed by atoms with Crippen molar-refractivity contribution in [2.45, 2.75) is 12.0 Å². The lowest BCUT2D eigenvalue weighted by molar-refractivity contribution is -0.139. The Balaban J connectivity index is 1.99. The van der Waals surface area contributed by atoms with Crippen LogP contribution in [0, 0.1) is 0 Å². The van der Waals surface area contributed by atoms with Crippen LogP contribution in [-0.2, 0) is 4.79 Å². The first kappa shape index (κ1) is 17.4. The van der Waals surface area contributed by atoms with E-state index in [1.165, 1.54) is 6.20 Å². The molecule has 0 saturated heterocycles. The van der Waals surface area contributed by atoms with Crippen LogP contribution in [0.25, 0.3) is 0 Å². The highest BCUT2D eigenvalue weighted by Crippen LogP contribution is 2.28. The minimum Gasteiger partial charge on any atom is -0.480 e. The van der Waals surface area contributed by atoms with Gasteiger partial charge in [-0.3, -0.25) is 9.78 Å². The van der Waals surface area contributed by atoms with Gasteiger partial charge in [0, 0.05) is 12.1 Å². The molecule has 5 heteroatoms. The van der Waals surface area contributed by atoms with Gasteiger partial charge in [0.15, 0.2) is 0 Å². The quantitative estimate of drug-likeness (QED) is 0.719. The molecule has 2 aromatic carbocycles. The minimum atomic E-state index is -1.13. The molecule has 0 radical (unpaired) electrons. The zero-order valence-corrected chi connectivity index (χ0v) is 13.9. The summed E-state index contributed by atoms with van der Waals surface area (Å²) in [6.45, 7) is 0. The number of hydrogen-bond donors (Lipinski definition) is 2. The molecule has 0 spiro atoms. The van der Waals surface area contributed by atoms with Crippen molar-refractivity contribution in [1.82, 2.24) is 10.3 Å². The Labute approximate surface area is 151 Å². The second kappa shape index (κ2) is 8.07. The van der Waals surface area contributed by atoms with Crippen LogP contribution in [0.1, 0.15) is 27.5 Å². The zero-order valence-electron chi connectivity index (χ0n) is 13.9. The second-order valence-corrected chi connectivity index (χ2v) is 5.80. The number of nitrogens with zero attached hydrogens (tertiary/aromatic N) is 1. The van der Waals surface area contributed by atoms with Gasteiger partial charge < -0.3 is 10.4 Å². The zero-order chi connectivity index (χ0) is 18.4. The van der Waals surface area contributed by atoms with Crippen LogP contribution in [0.5, 0.6) is 0 Å². The molecule has 3 rings (SSSR count). The first-order valence-electron chi connectivity index (χ1n) is 8.21. The molecule has 26 heavy (non-hydrogen) atoms. The highest BCUT2D eigenvalue weighted by molar-refractivity contribution is 5.95. The molecule has 5 nitrogen and oxygen atoms in total. The molecule has 0 aliphatic heterocycles. The van der Waals surface area contributed by atoms with Crippen molar-refractivity contribution >= 4 is 11.9 Å². The van der Waals surface area contributed by atoms with Crippen molar-refractivity contribution < 1.29 is 14.7 Å². The molecule has 3 aromatic rings. The van der Waals surface area contributed by atoms with Gasteiger partial charge in [0.1, 0.15) is 11.7 Å². The molecule has 1 aromatic heterocycles. The van der Waals surface area contributed by atoms with Gasteiger partial charge in [-0.1, -0.05) is 66.7 Å². The number of carboxylic acids is 1. The molecule has 1 amide bonds. The normalized spacial score (nSPS) is 11.7. The maximum atomic E-state index is 12.5. The van der Waals surface area contributed by atoms with Crippen LogP contribution in [0.2, 0.25) is 0 Å². The Morgan fingerprint density at radius 3 is 1.81 bits per heavy atom. The summed E-state index contributed by atoms with van der Waals surface area (Å²) in [6, 6.07) is 22.4. The monoisotopic (exact) mass is 346 g/mol. The van der Waals surface area contributed by atoms with E-state index in [1.54, 1.807) is 18.2 Å². The van der Waals surface area contributed by atoms with Gasteiger partial charge in [0.2, 0.25) is 0 Å². The summed E-state index contributed by atoms with van der Waals surface area (Å²) >= 11 is 0. The van der Waals surface area contributed by atoms with Crippen LogP contribution in [0.15, 0.2) is 85.1 Å². The van der Waals surface area contributed by atoms with Crippen molar-refractivity contribution in [3.8, 4) is 0 Å². The van der Waals surface area contributed by atoms with Crippen molar-refractivity contribution in [3.63, 3.8) is 0 Å². The fraction of sp³-hybridized carbons (Fsp3) is 0.0952. The Bertz CT molecular complexity index is 828. The van der Waals surface area contributed by atoms with Crippen molar-refractivity contribution in [2.24, 2.45) is 0 Å². The van der Waals surface area contributed by atoms with Crippen LogP contribution < -0.4 is 5.32 Å². The van der Waals surface area contributed by atoms with E-state index in [2.05, 4.69) is 10.3 Å². The number of aromatic nitrogens is 1. The number of carboxylic acid groups (broad SMARTS) is 1. The summed E-state index contributed by atoms with van der Waals surface area (Å²) < 4.78 is 0. The Morgan fingerprint density at radius 2 is 1.35 bits per heavy atom. The summed E-state index contributed by atoms with van der Waals surface area (Å²) in [6.07, 6.45) is 1.50. The summed E-state index contributed by atoms with van der Waals surface area (Å²) in [5.41, 5.74) is 1.80.